The molecule has 0 unspecified atom stereocenters. The number of pyridine rings is 1. The zero-order chi connectivity index (χ0) is 21.0. The Morgan fingerprint density at radius 2 is 1.79 bits per heavy atom. The number of nitrogens with zero attached hydrogens (tertiary/aromatic N) is 1. The van der Waals surface area contributed by atoms with Crippen molar-refractivity contribution < 1.29 is 27.8 Å². The third-order valence-electron chi connectivity index (χ3n) is 4.15. The van der Waals surface area contributed by atoms with Gasteiger partial charge < -0.3 is 15.6 Å². The zero-order valence-electron chi connectivity index (χ0n) is 15.1. The van der Waals surface area contributed by atoms with Crippen LogP contribution in [0, 0.1) is 0 Å². The smallest absolute Gasteiger partial charge is 0.416 e. The summed E-state index contributed by atoms with van der Waals surface area (Å²) in [6.45, 7) is -0.307. The number of benzene rings is 2. The topological polar surface area (TPSA) is 85.4 Å². The van der Waals surface area contributed by atoms with Crippen LogP contribution in [0.15, 0.2) is 60.7 Å². The molecule has 29 heavy (non-hydrogen) atoms. The molecule has 0 saturated heterocycles. The van der Waals surface area contributed by atoms with E-state index in [0.29, 0.717) is 17.0 Å². The summed E-state index contributed by atoms with van der Waals surface area (Å²) in [6, 6.07) is 14.7. The van der Waals surface area contributed by atoms with Gasteiger partial charge in [-0.05, 0) is 66.6 Å². The highest BCUT2D eigenvalue weighted by molar-refractivity contribution is 5.91. The minimum atomic E-state index is -4.48. The van der Waals surface area contributed by atoms with Gasteiger partial charge in [-0.25, -0.2) is 4.98 Å². The number of carbonyl (C=O) groups excluding carboxylic acids is 1. The average Bonchev–Trinajstić information content (AvgIpc) is 2.69. The highest BCUT2D eigenvalue weighted by Crippen LogP contribution is 2.34. The molecule has 3 aromatic rings. The third kappa shape index (κ3) is 4.91. The number of nitrogens with two attached hydrogens (primary N) is 1. The van der Waals surface area contributed by atoms with E-state index in [1.54, 1.807) is 36.4 Å². The minimum Gasteiger partial charge on any atom is -0.457 e. The molecule has 0 saturated carbocycles. The molecule has 0 bridgehead atoms. The number of alkyl halides is 3. The van der Waals surface area contributed by atoms with E-state index in [2.05, 4.69) is 4.98 Å². The van der Waals surface area contributed by atoms with E-state index in [9.17, 15) is 18.0 Å². The van der Waals surface area contributed by atoms with Gasteiger partial charge in [-0.15, -0.1) is 0 Å². The summed E-state index contributed by atoms with van der Waals surface area (Å²) < 4.78 is 44.4. The maximum atomic E-state index is 12.9. The van der Waals surface area contributed by atoms with Gasteiger partial charge in [0.25, 0.3) is 5.91 Å². The first-order valence-corrected chi connectivity index (χ1v) is 8.64. The molecule has 5 nitrogen and oxygen atoms in total. The first-order chi connectivity index (χ1) is 13.8. The number of primary amides is 1. The molecule has 1 aromatic heterocycles. The van der Waals surface area contributed by atoms with Crippen molar-refractivity contribution in [2.45, 2.75) is 12.6 Å². The summed E-state index contributed by atoms with van der Waals surface area (Å²) in [5, 5.41) is 9.15. The Hall–Kier alpha value is -3.39. The Kier molecular flexibility index (Phi) is 5.84. The van der Waals surface area contributed by atoms with E-state index in [-0.39, 0.29) is 30.0 Å². The largest absolute Gasteiger partial charge is 0.457 e. The molecule has 0 aliphatic rings. The fraction of sp³-hybridized carbons (Fsp3) is 0.143. The molecular formula is C21H17F3N2O3. The van der Waals surface area contributed by atoms with Crippen LogP contribution in [-0.2, 0) is 12.6 Å². The van der Waals surface area contributed by atoms with Crippen LogP contribution in [0.3, 0.4) is 0 Å². The van der Waals surface area contributed by atoms with Crippen molar-refractivity contribution >= 4 is 5.91 Å². The van der Waals surface area contributed by atoms with E-state index in [1.165, 1.54) is 12.1 Å². The summed E-state index contributed by atoms with van der Waals surface area (Å²) in [7, 11) is 0. The number of aliphatic hydroxyl groups excluding tert-OH is 1. The molecule has 8 heteroatoms. The van der Waals surface area contributed by atoms with Crippen molar-refractivity contribution in [2.24, 2.45) is 5.73 Å². The van der Waals surface area contributed by atoms with E-state index in [0.717, 1.165) is 12.1 Å². The fourth-order valence-corrected chi connectivity index (χ4v) is 2.72. The van der Waals surface area contributed by atoms with Crippen molar-refractivity contribution in [2.75, 3.05) is 6.61 Å². The van der Waals surface area contributed by atoms with Crippen LogP contribution in [0.4, 0.5) is 13.2 Å². The standard InChI is InChI=1S/C21H17F3N2O3/c22-21(23,24)15-6-9-19(14(12-15)10-11-27)29-16-7-4-13(5-8-16)17-2-1-3-18(26-17)20(25)28/h1-9,12,27H,10-11H2,(H2,25,28). The van der Waals surface area contributed by atoms with Crippen molar-refractivity contribution in [3.8, 4) is 22.8 Å². The lowest BCUT2D eigenvalue weighted by Gasteiger charge is -2.14. The molecule has 1 amide bonds. The quantitative estimate of drug-likeness (QED) is 0.647. The van der Waals surface area contributed by atoms with Gasteiger partial charge in [-0.2, -0.15) is 13.2 Å². The molecule has 0 spiro atoms. The second kappa shape index (κ2) is 8.32. The Morgan fingerprint density at radius 1 is 1.07 bits per heavy atom. The van der Waals surface area contributed by atoms with Gasteiger partial charge >= 0.3 is 6.18 Å². The normalized spacial score (nSPS) is 11.3. The van der Waals surface area contributed by atoms with Gasteiger partial charge in [0, 0.05) is 12.2 Å². The Labute approximate surface area is 164 Å². The SMILES string of the molecule is NC(=O)c1cccc(-c2ccc(Oc3ccc(C(F)(F)F)cc3CCO)cc2)n1. The van der Waals surface area contributed by atoms with Crippen molar-refractivity contribution in [1.82, 2.24) is 4.98 Å². The van der Waals surface area contributed by atoms with Crippen LogP contribution in [0.2, 0.25) is 0 Å². The van der Waals surface area contributed by atoms with Crippen molar-refractivity contribution in [3.63, 3.8) is 0 Å². The lowest BCUT2D eigenvalue weighted by Crippen LogP contribution is -2.12. The van der Waals surface area contributed by atoms with Crippen molar-refractivity contribution in [1.29, 1.82) is 0 Å². The maximum absolute atomic E-state index is 12.9. The van der Waals surface area contributed by atoms with Crippen LogP contribution in [0.5, 0.6) is 11.5 Å². The average molecular weight is 402 g/mol. The number of ether oxygens (including phenoxy) is 1. The van der Waals surface area contributed by atoms with Gasteiger partial charge in [0.2, 0.25) is 0 Å². The molecular weight excluding hydrogens is 385 g/mol. The maximum Gasteiger partial charge on any atom is 0.416 e. The molecule has 0 radical (unpaired) electrons. The minimum absolute atomic E-state index is 0.0289. The number of hydrogen-bond acceptors (Lipinski definition) is 4. The second-order valence-corrected chi connectivity index (χ2v) is 6.19. The van der Waals surface area contributed by atoms with E-state index < -0.39 is 17.6 Å². The van der Waals surface area contributed by atoms with E-state index >= 15 is 0 Å². The fourth-order valence-electron chi connectivity index (χ4n) is 2.72. The summed E-state index contributed by atoms with van der Waals surface area (Å²) in [5.74, 6) is -0.00192. The van der Waals surface area contributed by atoms with Crippen molar-refractivity contribution in [3.05, 3.63) is 77.5 Å². The van der Waals surface area contributed by atoms with E-state index in [4.69, 9.17) is 15.6 Å². The van der Waals surface area contributed by atoms with Crippen LogP contribution < -0.4 is 10.5 Å². The number of hydrogen-bond donors (Lipinski definition) is 2. The number of rotatable bonds is 6. The highest BCUT2D eigenvalue weighted by Gasteiger charge is 2.31. The Morgan fingerprint density at radius 3 is 2.41 bits per heavy atom. The summed E-state index contributed by atoms with van der Waals surface area (Å²) >= 11 is 0. The third-order valence-corrected chi connectivity index (χ3v) is 4.15. The van der Waals surface area contributed by atoms with Gasteiger partial charge in [-0.3, -0.25) is 4.79 Å². The molecule has 1 heterocycles. The molecule has 2 aromatic carbocycles. The van der Waals surface area contributed by atoms with Crippen LogP contribution in [0.25, 0.3) is 11.3 Å². The van der Waals surface area contributed by atoms with Gasteiger partial charge in [0.1, 0.15) is 17.2 Å². The van der Waals surface area contributed by atoms with Crippen LogP contribution in [0.1, 0.15) is 21.6 Å². The molecule has 0 atom stereocenters. The van der Waals surface area contributed by atoms with Crippen LogP contribution in [-0.4, -0.2) is 22.6 Å². The second-order valence-electron chi connectivity index (χ2n) is 6.19. The lowest BCUT2D eigenvalue weighted by molar-refractivity contribution is -0.137. The summed E-state index contributed by atoms with van der Waals surface area (Å²) in [6.07, 6.45) is -4.45. The number of carbonyl (C=O) groups is 1. The highest BCUT2D eigenvalue weighted by atomic mass is 19.4. The molecule has 3 N–H and O–H groups in total. The molecule has 0 fully saturated rings. The first-order valence-electron chi connectivity index (χ1n) is 8.64. The van der Waals surface area contributed by atoms with Gasteiger partial charge in [-0.1, -0.05) is 6.07 Å². The Balaban J connectivity index is 1.84. The molecule has 150 valence electrons. The van der Waals surface area contributed by atoms with E-state index in [1.807, 2.05) is 0 Å². The van der Waals surface area contributed by atoms with Gasteiger partial charge in [0.05, 0.1) is 11.3 Å². The van der Waals surface area contributed by atoms with Gasteiger partial charge in [0.15, 0.2) is 0 Å². The number of aliphatic hydroxyl groups is 1. The number of aromatic nitrogens is 1. The lowest BCUT2D eigenvalue weighted by atomic mass is 10.1. The number of amides is 1. The Bertz CT molecular complexity index is 1020. The predicted molar refractivity (Wildman–Crippen MR) is 100 cm³/mol. The summed E-state index contributed by atoms with van der Waals surface area (Å²) in [5.41, 5.74) is 6.08. The predicted octanol–water partition coefficient (Wildman–Crippen LogP) is 4.19. The monoisotopic (exact) mass is 402 g/mol. The molecule has 0 aliphatic carbocycles. The molecule has 0 aliphatic heterocycles. The van der Waals surface area contributed by atoms with Crippen LogP contribution >= 0.6 is 0 Å². The zero-order valence-corrected chi connectivity index (χ0v) is 15.1. The number of halogens is 3. The molecule has 3 rings (SSSR count). The summed E-state index contributed by atoms with van der Waals surface area (Å²) in [4.78, 5) is 15.4. The first kappa shape index (κ1) is 20.3.